The minimum Gasteiger partial charge on any atom is -0.395 e. The van der Waals surface area contributed by atoms with Crippen molar-refractivity contribution in [2.75, 3.05) is 58.4 Å². The Bertz CT molecular complexity index is 1330. The molecule has 39 heavy (non-hydrogen) atoms. The van der Waals surface area contributed by atoms with E-state index in [-0.39, 0.29) is 49.1 Å². The van der Waals surface area contributed by atoms with Crippen LogP contribution in [-0.4, -0.2) is 78.8 Å². The maximum Gasteiger partial charge on any atom is 0.277 e. The predicted molar refractivity (Wildman–Crippen MR) is 143 cm³/mol. The van der Waals surface area contributed by atoms with Crippen molar-refractivity contribution in [3.63, 3.8) is 0 Å². The molecular formula is C25H33F2N7O4S. The topological polar surface area (TPSA) is 141 Å². The number of aliphatic hydroxyl groups excluding tert-OH is 1. The van der Waals surface area contributed by atoms with Crippen molar-refractivity contribution < 1.29 is 27.1 Å². The maximum absolute atomic E-state index is 13.6. The average molecular weight is 566 g/mol. The van der Waals surface area contributed by atoms with E-state index in [0.717, 1.165) is 12.8 Å². The zero-order chi connectivity index (χ0) is 27.8. The molecule has 5 rings (SSSR count). The van der Waals surface area contributed by atoms with Gasteiger partial charge in [-0.1, -0.05) is 0 Å². The van der Waals surface area contributed by atoms with Gasteiger partial charge in [-0.3, -0.25) is 9.52 Å². The molecule has 2 saturated heterocycles. The van der Waals surface area contributed by atoms with Crippen LogP contribution in [0.2, 0.25) is 0 Å². The highest BCUT2D eigenvalue weighted by Crippen LogP contribution is 2.54. The third-order valence-electron chi connectivity index (χ3n) is 7.70. The Morgan fingerprint density at radius 2 is 1.69 bits per heavy atom. The summed E-state index contributed by atoms with van der Waals surface area (Å²) in [7, 11) is -3.78. The van der Waals surface area contributed by atoms with Gasteiger partial charge in [-0.05, 0) is 44.1 Å². The third-order valence-corrected chi connectivity index (χ3v) is 8.97. The number of pyridine rings is 1. The second kappa shape index (κ2) is 10.5. The maximum atomic E-state index is 13.6. The summed E-state index contributed by atoms with van der Waals surface area (Å²) < 4.78 is 54.1. The van der Waals surface area contributed by atoms with E-state index in [9.17, 15) is 22.0 Å². The van der Waals surface area contributed by atoms with Gasteiger partial charge in [-0.2, -0.15) is 4.98 Å². The summed E-state index contributed by atoms with van der Waals surface area (Å²) in [5.41, 5.74) is 1.77. The van der Waals surface area contributed by atoms with E-state index in [1.807, 2.05) is 4.90 Å². The summed E-state index contributed by atoms with van der Waals surface area (Å²) in [4.78, 5) is 30.3. The van der Waals surface area contributed by atoms with E-state index < -0.39 is 34.2 Å². The molecule has 0 atom stereocenters. The summed E-state index contributed by atoms with van der Waals surface area (Å²) in [6, 6.07) is 3.18. The van der Waals surface area contributed by atoms with Gasteiger partial charge in [0.15, 0.2) is 5.69 Å². The quantitative estimate of drug-likeness (QED) is 0.441. The highest BCUT2D eigenvalue weighted by atomic mass is 32.2. The van der Waals surface area contributed by atoms with E-state index in [0.29, 0.717) is 29.9 Å². The number of carbonyl (C=O) groups is 1. The van der Waals surface area contributed by atoms with Crippen LogP contribution < -0.4 is 19.8 Å². The number of aliphatic hydroxyl groups is 1. The Morgan fingerprint density at radius 3 is 2.33 bits per heavy atom. The fourth-order valence-electron chi connectivity index (χ4n) is 5.14. The van der Waals surface area contributed by atoms with Crippen LogP contribution in [0.3, 0.4) is 0 Å². The van der Waals surface area contributed by atoms with E-state index in [4.69, 9.17) is 5.11 Å². The molecule has 0 bridgehead atoms. The molecule has 1 amide bonds. The van der Waals surface area contributed by atoms with Gasteiger partial charge in [-0.25, -0.2) is 27.2 Å². The number of nitrogens with one attached hydrogen (secondary N) is 2. The van der Waals surface area contributed by atoms with Crippen molar-refractivity contribution >= 4 is 39.1 Å². The Hall–Kier alpha value is -3.13. The van der Waals surface area contributed by atoms with Gasteiger partial charge in [0.05, 0.1) is 29.9 Å². The predicted octanol–water partition coefficient (Wildman–Crippen LogP) is 2.78. The lowest BCUT2D eigenvalue weighted by Gasteiger charge is -2.34. The van der Waals surface area contributed by atoms with Gasteiger partial charge >= 0.3 is 0 Å². The van der Waals surface area contributed by atoms with Crippen LogP contribution >= 0.6 is 0 Å². The zero-order valence-electron chi connectivity index (χ0n) is 21.8. The third kappa shape index (κ3) is 6.55. The minimum absolute atomic E-state index is 0.111. The number of amides is 1. The standard InChI is InChI=1S/C25H33F2N7O4S/c1-17-14-20(31-23(29-17)34-10-6-25(26,27)7-11-34)30-22(36)21-19(33-8-4-24(2-3-24)5-9-33)15-18(16-28-21)32-39(37,38)13-12-35/h14-16,32,35H,2-13H2,1H3,(H,29,30,31,36). The molecule has 1 aliphatic carbocycles. The number of anilines is 4. The molecule has 2 aromatic rings. The van der Waals surface area contributed by atoms with Gasteiger partial charge in [0.1, 0.15) is 5.82 Å². The van der Waals surface area contributed by atoms with Crippen LogP contribution in [0, 0.1) is 12.3 Å². The van der Waals surface area contributed by atoms with Crippen LogP contribution in [-0.2, 0) is 10.0 Å². The van der Waals surface area contributed by atoms with Gasteiger partial charge in [0.2, 0.25) is 16.0 Å². The summed E-state index contributed by atoms with van der Waals surface area (Å²) in [5, 5.41) is 11.8. The Kier molecular flexibility index (Phi) is 7.35. The number of hydrogen-bond donors (Lipinski definition) is 3. The molecule has 3 N–H and O–H groups in total. The van der Waals surface area contributed by atoms with Crippen LogP contribution in [0.1, 0.15) is 54.7 Å². The Labute approximate surface area is 226 Å². The molecule has 4 heterocycles. The van der Waals surface area contributed by atoms with E-state index in [2.05, 4.69) is 25.0 Å². The highest BCUT2D eigenvalue weighted by Gasteiger charge is 2.45. The molecule has 3 fully saturated rings. The Balaban J connectivity index is 1.39. The summed E-state index contributed by atoms with van der Waals surface area (Å²) in [5.74, 6) is -3.20. The first-order valence-corrected chi connectivity index (χ1v) is 14.8. The molecule has 0 aromatic carbocycles. The van der Waals surface area contributed by atoms with Crippen molar-refractivity contribution in [1.82, 2.24) is 15.0 Å². The van der Waals surface area contributed by atoms with Crippen molar-refractivity contribution in [2.45, 2.75) is 51.4 Å². The summed E-state index contributed by atoms with van der Waals surface area (Å²) in [6.45, 7) is 2.86. The van der Waals surface area contributed by atoms with Crippen molar-refractivity contribution in [3.8, 4) is 0 Å². The largest absolute Gasteiger partial charge is 0.395 e. The number of aromatic nitrogens is 3. The molecule has 0 radical (unpaired) electrons. The SMILES string of the molecule is Cc1cc(NC(=O)c2ncc(NS(=O)(=O)CCO)cc2N2CCC3(CC2)CC3)nc(N2CCC(F)(F)CC2)n1. The lowest BCUT2D eigenvalue weighted by atomic mass is 9.93. The first-order valence-electron chi connectivity index (χ1n) is 13.1. The van der Waals surface area contributed by atoms with E-state index in [1.165, 1.54) is 19.0 Å². The van der Waals surface area contributed by atoms with Crippen LogP contribution in [0.4, 0.5) is 31.9 Å². The molecule has 0 unspecified atom stereocenters. The van der Waals surface area contributed by atoms with Gasteiger partial charge in [0.25, 0.3) is 11.8 Å². The molecule has 1 spiro atoms. The fourth-order valence-corrected chi connectivity index (χ4v) is 5.96. The normalized spacial score (nSPS) is 20.1. The number of rotatable bonds is 8. The second-order valence-corrected chi connectivity index (χ2v) is 12.6. The van der Waals surface area contributed by atoms with E-state index >= 15 is 0 Å². The van der Waals surface area contributed by atoms with Gasteiger partial charge in [0, 0.05) is 50.8 Å². The first kappa shape index (κ1) is 27.4. The molecule has 2 aromatic heterocycles. The minimum atomic E-state index is -3.78. The molecule has 3 aliphatic rings. The summed E-state index contributed by atoms with van der Waals surface area (Å²) >= 11 is 0. The molecule has 11 nitrogen and oxygen atoms in total. The average Bonchev–Trinajstić information content (AvgIpc) is 3.62. The lowest BCUT2D eigenvalue weighted by Crippen LogP contribution is -2.40. The second-order valence-electron chi connectivity index (χ2n) is 10.7. The molecule has 2 aliphatic heterocycles. The van der Waals surface area contributed by atoms with Gasteiger partial charge in [-0.15, -0.1) is 0 Å². The number of piperidine rings is 2. The van der Waals surface area contributed by atoms with Crippen molar-refractivity contribution in [3.05, 3.63) is 29.7 Å². The lowest BCUT2D eigenvalue weighted by molar-refractivity contribution is -0.0222. The number of halogens is 2. The van der Waals surface area contributed by atoms with Crippen molar-refractivity contribution in [2.24, 2.45) is 5.41 Å². The number of sulfonamides is 1. The number of nitrogens with zero attached hydrogens (tertiary/aromatic N) is 5. The van der Waals surface area contributed by atoms with E-state index in [1.54, 1.807) is 24.0 Å². The van der Waals surface area contributed by atoms with Crippen LogP contribution in [0.25, 0.3) is 0 Å². The van der Waals surface area contributed by atoms with Crippen LogP contribution in [0.5, 0.6) is 0 Å². The number of hydrogen-bond acceptors (Lipinski definition) is 9. The highest BCUT2D eigenvalue weighted by molar-refractivity contribution is 7.92. The Morgan fingerprint density at radius 1 is 1.03 bits per heavy atom. The number of carbonyl (C=O) groups excluding carboxylic acids is 1. The molecule has 14 heteroatoms. The monoisotopic (exact) mass is 565 g/mol. The van der Waals surface area contributed by atoms with Crippen molar-refractivity contribution in [1.29, 1.82) is 0 Å². The fraction of sp³-hybridized carbons (Fsp3) is 0.600. The smallest absolute Gasteiger partial charge is 0.277 e. The molecule has 212 valence electrons. The molecule has 1 saturated carbocycles. The number of aryl methyl sites for hydroxylation is 1. The van der Waals surface area contributed by atoms with Gasteiger partial charge < -0.3 is 20.2 Å². The summed E-state index contributed by atoms with van der Waals surface area (Å²) in [6.07, 6.45) is 5.07. The zero-order valence-corrected chi connectivity index (χ0v) is 22.6. The molecular weight excluding hydrogens is 532 g/mol. The number of alkyl halides is 2. The van der Waals surface area contributed by atoms with Crippen LogP contribution in [0.15, 0.2) is 18.3 Å². The first-order chi connectivity index (χ1) is 18.5.